The molecule has 82 valence electrons. The molecule has 0 bridgehead atoms. The van der Waals surface area contributed by atoms with E-state index in [1.807, 2.05) is 13.8 Å². The molecule has 0 aromatic heterocycles. The molecule has 0 aromatic rings. The largest absolute Gasteiger partial charge is 0.352 e. The zero-order chi connectivity index (χ0) is 11.1. The van der Waals surface area contributed by atoms with Gasteiger partial charge in [-0.25, -0.2) is 9.59 Å². The average Bonchev–Trinajstić information content (AvgIpc) is 2.10. The number of nitrogens with one attached hydrogen (secondary N) is 2. The number of urea groups is 2. The molecule has 6 N–H and O–H groups in total. The number of carbonyl (C=O) groups is 2. The second kappa shape index (κ2) is 6.06. The molecule has 0 aliphatic rings. The zero-order valence-electron chi connectivity index (χ0n) is 8.54. The monoisotopic (exact) mass is 202 g/mol. The summed E-state index contributed by atoms with van der Waals surface area (Å²) in [5.41, 5.74) is 10.00. The lowest BCUT2D eigenvalue weighted by atomic mass is 10.0. The molecule has 0 saturated carbocycles. The molecule has 0 aliphatic carbocycles. The summed E-state index contributed by atoms with van der Waals surface area (Å²) in [6.07, 6.45) is 1.36. The fourth-order valence-corrected chi connectivity index (χ4v) is 1.34. The first kappa shape index (κ1) is 12.5. The van der Waals surface area contributed by atoms with Crippen molar-refractivity contribution in [3.8, 4) is 0 Å². The Hall–Kier alpha value is -1.46. The molecule has 14 heavy (non-hydrogen) atoms. The summed E-state index contributed by atoms with van der Waals surface area (Å²) in [7, 11) is 0. The smallest absolute Gasteiger partial charge is 0.312 e. The summed E-state index contributed by atoms with van der Waals surface area (Å²) >= 11 is 0. The summed E-state index contributed by atoms with van der Waals surface area (Å²) in [4.78, 5) is 21.3. The Morgan fingerprint density at radius 1 is 1.00 bits per heavy atom. The molecule has 0 aromatic carbocycles. The molecule has 0 fully saturated rings. The van der Waals surface area contributed by atoms with Gasteiger partial charge in [-0.3, -0.25) is 0 Å². The molecule has 6 heteroatoms. The van der Waals surface area contributed by atoms with Gasteiger partial charge in [0, 0.05) is 0 Å². The van der Waals surface area contributed by atoms with E-state index in [2.05, 4.69) is 10.6 Å². The normalized spacial score (nSPS) is 14.1. The van der Waals surface area contributed by atoms with Crippen LogP contribution in [-0.2, 0) is 0 Å². The highest BCUT2D eigenvalue weighted by atomic mass is 16.2. The van der Waals surface area contributed by atoms with Gasteiger partial charge in [0.2, 0.25) is 0 Å². The third-order valence-electron chi connectivity index (χ3n) is 2.02. The molecule has 0 heterocycles. The standard InChI is InChI=1S/C8H18N4O2/c1-3-5(11-7(9)13)6(4-2)12-8(10)14/h5-6H,3-4H2,1-2H3,(H3,9,11,13)(H3,10,12,14)/t5-,6+. The molecule has 0 radical (unpaired) electrons. The van der Waals surface area contributed by atoms with E-state index in [1.54, 1.807) is 0 Å². The predicted octanol–water partition coefficient (Wildman–Crippen LogP) is -0.120. The molecule has 0 saturated heterocycles. The minimum atomic E-state index is -0.596. The van der Waals surface area contributed by atoms with Crippen molar-refractivity contribution in [2.45, 2.75) is 38.8 Å². The van der Waals surface area contributed by atoms with Crippen LogP contribution in [0.5, 0.6) is 0 Å². The van der Waals surface area contributed by atoms with Crippen molar-refractivity contribution >= 4 is 12.1 Å². The maximum Gasteiger partial charge on any atom is 0.312 e. The Morgan fingerprint density at radius 2 is 1.29 bits per heavy atom. The lowest BCUT2D eigenvalue weighted by molar-refractivity contribution is 0.231. The number of primary amides is 2. The van der Waals surface area contributed by atoms with Crippen molar-refractivity contribution < 1.29 is 9.59 Å². The van der Waals surface area contributed by atoms with Crippen molar-refractivity contribution in [1.82, 2.24) is 10.6 Å². The number of hydrogen-bond acceptors (Lipinski definition) is 2. The van der Waals surface area contributed by atoms with Gasteiger partial charge < -0.3 is 22.1 Å². The molecular formula is C8H18N4O2. The summed E-state index contributed by atoms with van der Waals surface area (Å²) in [5.74, 6) is 0. The molecule has 0 rings (SSSR count). The van der Waals surface area contributed by atoms with E-state index in [4.69, 9.17) is 11.5 Å². The number of amides is 4. The lowest BCUT2D eigenvalue weighted by Gasteiger charge is -2.25. The number of nitrogens with two attached hydrogens (primary N) is 2. The van der Waals surface area contributed by atoms with E-state index in [9.17, 15) is 9.59 Å². The highest BCUT2D eigenvalue weighted by Gasteiger charge is 2.20. The molecular weight excluding hydrogens is 184 g/mol. The Kier molecular flexibility index (Phi) is 5.43. The molecule has 2 atom stereocenters. The Labute approximate surface area is 83.4 Å². The number of carbonyl (C=O) groups excluding carboxylic acids is 2. The molecule has 0 aliphatic heterocycles. The van der Waals surface area contributed by atoms with Crippen LogP contribution in [0.25, 0.3) is 0 Å². The fourth-order valence-electron chi connectivity index (χ4n) is 1.34. The van der Waals surface area contributed by atoms with Crippen molar-refractivity contribution in [1.29, 1.82) is 0 Å². The van der Waals surface area contributed by atoms with Crippen molar-refractivity contribution in [2.24, 2.45) is 11.5 Å². The summed E-state index contributed by atoms with van der Waals surface area (Å²) in [5, 5.41) is 5.11. The Bertz CT molecular complexity index is 186. The van der Waals surface area contributed by atoms with E-state index < -0.39 is 12.1 Å². The Balaban J connectivity index is 4.28. The van der Waals surface area contributed by atoms with Crippen LogP contribution in [0, 0.1) is 0 Å². The second-order valence-corrected chi connectivity index (χ2v) is 3.05. The number of rotatable bonds is 5. The molecule has 6 nitrogen and oxygen atoms in total. The summed E-state index contributed by atoms with van der Waals surface area (Å²) < 4.78 is 0. The van der Waals surface area contributed by atoms with E-state index in [0.29, 0.717) is 12.8 Å². The van der Waals surface area contributed by atoms with Crippen molar-refractivity contribution in [3.05, 3.63) is 0 Å². The van der Waals surface area contributed by atoms with Gasteiger partial charge in [-0.05, 0) is 12.8 Å². The lowest BCUT2D eigenvalue weighted by Crippen LogP contribution is -2.53. The van der Waals surface area contributed by atoms with Gasteiger partial charge in [-0.2, -0.15) is 0 Å². The summed E-state index contributed by atoms with van der Waals surface area (Å²) in [6.45, 7) is 3.79. The molecule has 0 spiro atoms. The predicted molar refractivity (Wildman–Crippen MR) is 53.6 cm³/mol. The third kappa shape index (κ3) is 4.54. The molecule has 4 amide bonds. The quantitative estimate of drug-likeness (QED) is 0.498. The number of hydrogen-bond donors (Lipinski definition) is 4. The van der Waals surface area contributed by atoms with Crippen LogP contribution in [0.15, 0.2) is 0 Å². The van der Waals surface area contributed by atoms with Crippen LogP contribution in [0.2, 0.25) is 0 Å². The van der Waals surface area contributed by atoms with Gasteiger partial charge in [0.05, 0.1) is 12.1 Å². The van der Waals surface area contributed by atoms with Crippen LogP contribution in [-0.4, -0.2) is 24.1 Å². The van der Waals surface area contributed by atoms with Crippen LogP contribution in [0.3, 0.4) is 0 Å². The maximum atomic E-state index is 10.6. The average molecular weight is 202 g/mol. The van der Waals surface area contributed by atoms with E-state index >= 15 is 0 Å². The van der Waals surface area contributed by atoms with Crippen molar-refractivity contribution in [3.63, 3.8) is 0 Å². The first-order valence-corrected chi connectivity index (χ1v) is 4.63. The SMILES string of the molecule is CC[C@H](NC(N)=O)[C@@H](CC)NC(N)=O. The van der Waals surface area contributed by atoms with Gasteiger partial charge >= 0.3 is 12.1 Å². The van der Waals surface area contributed by atoms with E-state index in [0.717, 1.165) is 0 Å². The minimum absolute atomic E-state index is 0.176. The van der Waals surface area contributed by atoms with Crippen LogP contribution < -0.4 is 22.1 Å². The summed E-state index contributed by atoms with van der Waals surface area (Å²) in [6, 6.07) is -1.54. The van der Waals surface area contributed by atoms with Gasteiger partial charge in [0.1, 0.15) is 0 Å². The van der Waals surface area contributed by atoms with Crippen molar-refractivity contribution in [2.75, 3.05) is 0 Å². The van der Waals surface area contributed by atoms with E-state index in [1.165, 1.54) is 0 Å². The first-order valence-electron chi connectivity index (χ1n) is 4.63. The molecule has 0 unspecified atom stereocenters. The second-order valence-electron chi connectivity index (χ2n) is 3.05. The van der Waals surface area contributed by atoms with Gasteiger partial charge in [0.15, 0.2) is 0 Å². The minimum Gasteiger partial charge on any atom is -0.352 e. The first-order chi connectivity index (χ1) is 6.51. The topological polar surface area (TPSA) is 110 Å². The van der Waals surface area contributed by atoms with Crippen LogP contribution in [0.1, 0.15) is 26.7 Å². The maximum absolute atomic E-state index is 10.6. The van der Waals surface area contributed by atoms with Gasteiger partial charge in [-0.1, -0.05) is 13.8 Å². The highest BCUT2D eigenvalue weighted by Crippen LogP contribution is 2.02. The van der Waals surface area contributed by atoms with E-state index in [-0.39, 0.29) is 12.1 Å². The fraction of sp³-hybridized carbons (Fsp3) is 0.750. The third-order valence-corrected chi connectivity index (χ3v) is 2.02. The Morgan fingerprint density at radius 3 is 1.43 bits per heavy atom. The van der Waals surface area contributed by atoms with Crippen LogP contribution >= 0.6 is 0 Å². The highest BCUT2D eigenvalue weighted by molar-refractivity contribution is 5.73. The van der Waals surface area contributed by atoms with Crippen LogP contribution in [0.4, 0.5) is 9.59 Å². The zero-order valence-corrected chi connectivity index (χ0v) is 8.54. The van der Waals surface area contributed by atoms with Gasteiger partial charge in [-0.15, -0.1) is 0 Å². The van der Waals surface area contributed by atoms with Gasteiger partial charge in [0.25, 0.3) is 0 Å².